The summed E-state index contributed by atoms with van der Waals surface area (Å²) in [6.07, 6.45) is 3.63. The van der Waals surface area contributed by atoms with Gasteiger partial charge in [-0.25, -0.2) is 9.50 Å². The van der Waals surface area contributed by atoms with Crippen molar-refractivity contribution in [3.05, 3.63) is 82.0 Å². The molecule has 32 heavy (non-hydrogen) atoms. The molecule has 0 spiro atoms. The maximum Gasteiger partial charge on any atom is 0.276 e. The van der Waals surface area contributed by atoms with Gasteiger partial charge >= 0.3 is 0 Å². The molecule has 7 nitrogen and oxygen atoms in total. The first kappa shape index (κ1) is 20.3. The molecule has 0 atom stereocenters. The molecule has 8 heteroatoms. The highest BCUT2D eigenvalue weighted by Crippen LogP contribution is 2.26. The van der Waals surface area contributed by atoms with E-state index < -0.39 is 0 Å². The Morgan fingerprint density at radius 3 is 2.69 bits per heavy atom. The average Bonchev–Trinajstić information content (AvgIpc) is 3.50. The Labute approximate surface area is 188 Å². The van der Waals surface area contributed by atoms with E-state index in [0.717, 1.165) is 21.9 Å². The molecule has 0 saturated carbocycles. The van der Waals surface area contributed by atoms with E-state index in [9.17, 15) is 4.79 Å². The number of oxazole rings is 1. The number of aromatic nitrogens is 4. The second kappa shape index (κ2) is 8.12. The van der Waals surface area contributed by atoms with Crippen LogP contribution in [-0.2, 0) is 6.54 Å². The van der Waals surface area contributed by atoms with Crippen LogP contribution in [0.1, 0.15) is 25.3 Å². The molecule has 0 fully saturated rings. The second-order valence-electron chi connectivity index (χ2n) is 7.78. The van der Waals surface area contributed by atoms with Crippen LogP contribution >= 0.6 is 11.3 Å². The van der Waals surface area contributed by atoms with Gasteiger partial charge in [-0.2, -0.15) is 5.10 Å². The SMILES string of the molecule is Cc1oc(-c2ccc(OC(C)C)cc2)nc1Cn1ccn2nc(-c3cccs3)cc2c1=O. The van der Waals surface area contributed by atoms with E-state index in [1.54, 1.807) is 32.8 Å². The zero-order valence-corrected chi connectivity index (χ0v) is 18.8. The monoisotopic (exact) mass is 446 g/mol. The Kier molecular flexibility index (Phi) is 5.14. The average molecular weight is 447 g/mol. The molecule has 0 bridgehead atoms. The number of benzene rings is 1. The van der Waals surface area contributed by atoms with Gasteiger partial charge in [0.05, 0.1) is 17.5 Å². The summed E-state index contributed by atoms with van der Waals surface area (Å²) < 4.78 is 14.8. The third kappa shape index (κ3) is 3.85. The van der Waals surface area contributed by atoms with Crippen molar-refractivity contribution in [1.29, 1.82) is 0 Å². The molecule has 4 heterocycles. The fraction of sp³-hybridized carbons (Fsp3) is 0.208. The van der Waals surface area contributed by atoms with Crippen molar-refractivity contribution in [2.75, 3.05) is 0 Å². The molecular weight excluding hydrogens is 424 g/mol. The lowest BCUT2D eigenvalue weighted by atomic mass is 10.2. The Bertz CT molecular complexity index is 1430. The van der Waals surface area contributed by atoms with Crippen molar-refractivity contribution < 1.29 is 9.15 Å². The zero-order chi connectivity index (χ0) is 22.2. The van der Waals surface area contributed by atoms with E-state index in [1.807, 2.05) is 68.6 Å². The molecule has 0 radical (unpaired) electrons. The summed E-state index contributed by atoms with van der Waals surface area (Å²) in [5.74, 6) is 2.00. The van der Waals surface area contributed by atoms with Crippen LogP contribution < -0.4 is 10.3 Å². The third-order valence-corrected chi connectivity index (χ3v) is 5.96. The van der Waals surface area contributed by atoms with E-state index in [1.165, 1.54) is 0 Å². The summed E-state index contributed by atoms with van der Waals surface area (Å²) in [5, 5.41) is 6.51. The van der Waals surface area contributed by atoms with Crippen molar-refractivity contribution in [3.8, 4) is 27.8 Å². The van der Waals surface area contributed by atoms with Crippen molar-refractivity contribution >= 4 is 16.9 Å². The molecule has 5 rings (SSSR count). The molecule has 4 aromatic heterocycles. The summed E-state index contributed by atoms with van der Waals surface area (Å²) in [6.45, 7) is 6.16. The molecule has 0 aliphatic rings. The molecule has 0 saturated heterocycles. The van der Waals surface area contributed by atoms with Gasteiger partial charge in [0, 0.05) is 18.0 Å². The van der Waals surface area contributed by atoms with Crippen LogP contribution in [0.25, 0.3) is 27.5 Å². The van der Waals surface area contributed by atoms with Gasteiger partial charge < -0.3 is 13.7 Å². The van der Waals surface area contributed by atoms with Gasteiger partial charge in [-0.3, -0.25) is 4.79 Å². The molecule has 5 aromatic rings. The van der Waals surface area contributed by atoms with Crippen LogP contribution in [0.4, 0.5) is 0 Å². The molecule has 162 valence electrons. The lowest BCUT2D eigenvalue weighted by molar-refractivity contribution is 0.242. The predicted molar refractivity (Wildman–Crippen MR) is 124 cm³/mol. The maximum absolute atomic E-state index is 13.1. The summed E-state index contributed by atoms with van der Waals surface area (Å²) in [4.78, 5) is 18.7. The van der Waals surface area contributed by atoms with Crippen LogP contribution in [0.15, 0.2) is 69.5 Å². The van der Waals surface area contributed by atoms with E-state index in [-0.39, 0.29) is 11.7 Å². The number of aryl methyl sites for hydroxylation is 1. The number of thiophene rings is 1. The molecule has 0 amide bonds. The first-order chi connectivity index (χ1) is 15.5. The molecule has 0 N–H and O–H groups in total. The minimum absolute atomic E-state index is 0.115. The van der Waals surface area contributed by atoms with Gasteiger partial charge in [0.2, 0.25) is 5.89 Å². The van der Waals surface area contributed by atoms with Crippen molar-refractivity contribution in [3.63, 3.8) is 0 Å². The van der Waals surface area contributed by atoms with Crippen LogP contribution in [0.2, 0.25) is 0 Å². The van der Waals surface area contributed by atoms with Crippen LogP contribution in [0, 0.1) is 6.92 Å². The first-order valence-electron chi connectivity index (χ1n) is 10.3. The van der Waals surface area contributed by atoms with E-state index in [4.69, 9.17) is 9.15 Å². The maximum atomic E-state index is 13.1. The summed E-state index contributed by atoms with van der Waals surface area (Å²) in [6, 6.07) is 13.4. The molecule has 1 aromatic carbocycles. The number of rotatable bonds is 6. The van der Waals surface area contributed by atoms with Crippen molar-refractivity contribution in [2.24, 2.45) is 0 Å². The van der Waals surface area contributed by atoms with Gasteiger partial charge in [-0.05, 0) is 62.5 Å². The fourth-order valence-electron chi connectivity index (χ4n) is 3.50. The fourth-order valence-corrected chi connectivity index (χ4v) is 4.18. The minimum atomic E-state index is -0.123. The van der Waals surface area contributed by atoms with Gasteiger partial charge in [0.1, 0.15) is 28.4 Å². The minimum Gasteiger partial charge on any atom is -0.491 e. The lowest BCUT2D eigenvalue weighted by Crippen LogP contribution is -2.22. The number of fused-ring (bicyclic) bond motifs is 1. The summed E-state index contributed by atoms with van der Waals surface area (Å²) >= 11 is 1.60. The molecule has 0 aliphatic carbocycles. The highest BCUT2D eigenvalue weighted by molar-refractivity contribution is 7.13. The van der Waals surface area contributed by atoms with Gasteiger partial charge in [-0.15, -0.1) is 11.3 Å². The van der Waals surface area contributed by atoms with E-state index >= 15 is 0 Å². The summed E-state index contributed by atoms with van der Waals surface area (Å²) in [7, 11) is 0. The Morgan fingerprint density at radius 2 is 1.97 bits per heavy atom. The number of hydrogen-bond acceptors (Lipinski definition) is 6. The number of nitrogens with zero attached hydrogens (tertiary/aromatic N) is 4. The topological polar surface area (TPSA) is 74.6 Å². The highest BCUT2D eigenvalue weighted by atomic mass is 32.1. The van der Waals surface area contributed by atoms with Crippen LogP contribution in [0.5, 0.6) is 5.75 Å². The normalized spacial score (nSPS) is 11.5. The van der Waals surface area contributed by atoms with Crippen molar-refractivity contribution in [2.45, 2.75) is 33.4 Å². The van der Waals surface area contributed by atoms with Crippen molar-refractivity contribution in [1.82, 2.24) is 19.2 Å². The summed E-state index contributed by atoms with van der Waals surface area (Å²) in [5.41, 5.74) is 2.76. The van der Waals surface area contributed by atoms with Gasteiger partial charge in [-0.1, -0.05) is 6.07 Å². The first-order valence-corrected chi connectivity index (χ1v) is 11.2. The Hall–Kier alpha value is -3.65. The molecule has 0 unspecified atom stereocenters. The van der Waals surface area contributed by atoms with Crippen LogP contribution in [0.3, 0.4) is 0 Å². The third-order valence-electron chi connectivity index (χ3n) is 5.06. The number of hydrogen-bond donors (Lipinski definition) is 0. The molecular formula is C24H22N4O3S. The smallest absolute Gasteiger partial charge is 0.276 e. The zero-order valence-electron chi connectivity index (χ0n) is 18.0. The highest BCUT2D eigenvalue weighted by Gasteiger charge is 2.15. The molecule has 0 aliphatic heterocycles. The lowest BCUT2D eigenvalue weighted by Gasteiger charge is -2.09. The Balaban J connectivity index is 1.42. The van der Waals surface area contributed by atoms with E-state index in [0.29, 0.717) is 29.4 Å². The standard InChI is InChI=1S/C24H22N4O3S/c1-15(2)30-18-8-6-17(7-9-18)23-25-20(16(3)31-23)14-27-10-11-28-21(24(27)29)13-19(26-28)22-5-4-12-32-22/h4-13,15H,14H2,1-3H3. The van der Waals surface area contributed by atoms with Crippen LogP contribution in [-0.4, -0.2) is 25.3 Å². The largest absolute Gasteiger partial charge is 0.491 e. The quantitative estimate of drug-likeness (QED) is 0.366. The Morgan fingerprint density at radius 1 is 1.16 bits per heavy atom. The predicted octanol–water partition coefficient (Wildman–Crippen LogP) is 5.02. The number of ether oxygens (including phenoxy) is 1. The van der Waals surface area contributed by atoms with E-state index in [2.05, 4.69) is 10.1 Å². The van der Waals surface area contributed by atoms with Gasteiger partial charge in [0.25, 0.3) is 5.56 Å². The van der Waals surface area contributed by atoms with Gasteiger partial charge in [0.15, 0.2) is 0 Å². The second-order valence-corrected chi connectivity index (χ2v) is 8.73.